The molecular formula is C23H17NO5. The molecule has 1 aliphatic rings. The summed E-state index contributed by atoms with van der Waals surface area (Å²) in [6.45, 7) is 0.219. The molecule has 29 heavy (non-hydrogen) atoms. The molecule has 0 bridgehead atoms. The second-order valence-electron chi connectivity index (χ2n) is 6.44. The van der Waals surface area contributed by atoms with E-state index in [2.05, 4.69) is 0 Å². The number of benzene rings is 3. The highest BCUT2D eigenvalue weighted by molar-refractivity contribution is 6.34. The lowest BCUT2D eigenvalue weighted by Gasteiger charge is -2.17. The van der Waals surface area contributed by atoms with E-state index in [4.69, 9.17) is 9.47 Å². The van der Waals surface area contributed by atoms with Crippen LogP contribution in [0.4, 0.5) is 5.69 Å². The highest BCUT2D eigenvalue weighted by Crippen LogP contribution is 2.32. The van der Waals surface area contributed by atoms with Gasteiger partial charge in [0.2, 0.25) is 0 Å². The molecule has 4 rings (SSSR count). The third-order valence-corrected chi connectivity index (χ3v) is 4.66. The summed E-state index contributed by atoms with van der Waals surface area (Å²) < 4.78 is 10.7. The Kier molecular flexibility index (Phi) is 4.83. The fourth-order valence-electron chi connectivity index (χ4n) is 3.21. The van der Waals surface area contributed by atoms with Crippen molar-refractivity contribution in [2.45, 2.75) is 6.61 Å². The average molecular weight is 387 g/mol. The number of esters is 1. The van der Waals surface area contributed by atoms with Crippen molar-refractivity contribution in [3.63, 3.8) is 0 Å². The number of hydrogen-bond acceptors (Lipinski definition) is 5. The van der Waals surface area contributed by atoms with Gasteiger partial charge < -0.3 is 9.47 Å². The molecule has 1 aliphatic heterocycles. The predicted octanol–water partition coefficient (Wildman–Crippen LogP) is 3.85. The largest absolute Gasteiger partial charge is 0.488 e. The number of fused-ring (bicyclic) bond motifs is 1. The van der Waals surface area contributed by atoms with Crippen LogP contribution in [0.1, 0.15) is 36.6 Å². The fourth-order valence-corrected chi connectivity index (χ4v) is 3.21. The zero-order valence-corrected chi connectivity index (χ0v) is 15.6. The van der Waals surface area contributed by atoms with Crippen LogP contribution in [0.3, 0.4) is 0 Å². The standard InChI is InChI=1S/C23H17NO5/c1-28-23(27)19-12-11-16(13-20(19)29-14-15-7-3-2-4-8-15)24-21(25)17-9-5-6-10-18(17)22(24)26/h2-13H,14H2,1H3. The van der Waals surface area contributed by atoms with E-state index in [9.17, 15) is 14.4 Å². The average Bonchev–Trinajstić information content (AvgIpc) is 3.02. The first kappa shape index (κ1) is 18.4. The second kappa shape index (κ2) is 7.59. The number of carbonyl (C=O) groups excluding carboxylic acids is 3. The van der Waals surface area contributed by atoms with E-state index in [-0.39, 0.29) is 17.9 Å². The normalized spacial score (nSPS) is 12.7. The first-order valence-corrected chi connectivity index (χ1v) is 8.97. The number of methoxy groups -OCH3 is 1. The van der Waals surface area contributed by atoms with Gasteiger partial charge in [-0.05, 0) is 29.8 Å². The number of carbonyl (C=O) groups is 3. The summed E-state index contributed by atoms with van der Waals surface area (Å²) in [5, 5.41) is 0. The van der Waals surface area contributed by atoms with E-state index in [1.54, 1.807) is 24.3 Å². The minimum absolute atomic E-state index is 0.212. The molecule has 0 atom stereocenters. The van der Waals surface area contributed by atoms with Crippen LogP contribution in [-0.2, 0) is 11.3 Å². The van der Waals surface area contributed by atoms with Crippen molar-refractivity contribution in [2.75, 3.05) is 12.0 Å². The Hall–Kier alpha value is -3.93. The van der Waals surface area contributed by atoms with Crippen LogP contribution in [0.5, 0.6) is 5.75 Å². The van der Waals surface area contributed by atoms with E-state index in [1.807, 2.05) is 30.3 Å². The highest BCUT2D eigenvalue weighted by atomic mass is 16.5. The van der Waals surface area contributed by atoms with Crippen molar-refractivity contribution in [2.24, 2.45) is 0 Å². The summed E-state index contributed by atoms with van der Waals surface area (Å²) in [5.41, 5.74) is 2.15. The van der Waals surface area contributed by atoms with Gasteiger partial charge in [-0.1, -0.05) is 42.5 Å². The number of rotatable bonds is 5. The van der Waals surface area contributed by atoms with E-state index in [0.717, 1.165) is 10.5 Å². The molecule has 0 radical (unpaired) electrons. The first-order valence-electron chi connectivity index (χ1n) is 8.97. The molecule has 0 fully saturated rings. The molecule has 144 valence electrons. The Morgan fingerprint density at radius 2 is 1.48 bits per heavy atom. The van der Waals surface area contributed by atoms with Crippen molar-refractivity contribution in [1.29, 1.82) is 0 Å². The van der Waals surface area contributed by atoms with Gasteiger partial charge >= 0.3 is 5.97 Å². The Bertz CT molecular complexity index is 1070. The van der Waals surface area contributed by atoms with Crippen LogP contribution in [0, 0.1) is 0 Å². The lowest BCUT2D eigenvalue weighted by molar-refractivity contribution is 0.0595. The monoisotopic (exact) mass is 387 g/mol. The lowest BCUT2D eigenvalue weighted by atomic mass is 10.1. The Balaban J connectivity index is 1.69. The quantitative estimate of drug-likeness (QED) is 0.491. The minimum Gasteiger partial charge on any atom is -0.488 e. The SMILES string of the molecule is COC(=O)c1ccc(N2C(=O)c3ccccc3C2=O)cc1OCc1ccccc1. The molecule has 0 saturated carbocycles. The number of anilines is 1. The number of hydrogen-bond donors (Lipinski definition) is 0. The smallest absolute Gasteiger partial charge is 0.341 e. The van der Waals surface area contributed by atoms with E-state index in [0.29, 0.717) is 16.8 Å². The van der Waals surface area contributed by atoms with E-state index >= 15 is 0 Å². The van der Waals surface area contributed by atoms with Gasteiger partial charge in [-0.2, -0.15) is 0 Å². The molecule has 6 heteroatoms. The molecule has 6 nitrogen and oxygen atoms in total. The molecule has 0 aromatic heterocycles. The van der Waals surface area contributed by atoms with Crippen molar-refractivity contribution in [3.8, 4) is 5.75 Å². The highest BCUT2D eigenvalue weighted by Gasteiger charge is 2.36. The third-order valence-electron chi connectivity index (χ3n) is 4.66. The van der Waals surface area contributed by atoms with Gasteiger partial charge in [0, 0.05) is 6.07 Å². The summed E-state index contributed by atoms with van der Waals surface area (Å²) in [4.78, 5) is 38.7. The molecule has 0 spiro atoms. The zero-order valence-electron chi connectivity index (χ0n) is 15.6. The predicted molar refractivity (Wildman–Crippen MR) is 106 cm³/mol. The second-order valence-corrected chi connectivity index (χ2v) is 6.44. The van der Waals surface area contributed by atoms with Gasteiger partial charge in [-0.15, -0.1) is 0 Å². The molecule has 3 aromatic rings. The summed E-state index contributed by atoms with van der Waals surface area (Å²) in [5.74, 6) is -1.16. The molecule has 2 amide bonds. The van der Waals surface area contributed by atoms with Crippen LogP contribution in [-0.4, -0.2) is 24.9 Å². The Morgan fingerprint density at radius 3 is 2.10 bits per heavy atom. The summed E-state index contributed by atoms with van der Waals surface area (Å²) in [7, 11) is 1.28. The van der Waals surface area contributed by atoms with E-state index < -0.39 is 17.8 Å². The van der Waals surface area contributed by atoms with Crippen LogP contribution in [0.2, 0.25) is 0 Å². The number of imide groups is 1. The summed E-state index contributed by atoms with van der Waals surface area (Å²) in [6, 6.07) is 20.6. The van der Waals surface area contributed by atoms with Gasteiger partial charge in [0.15, 0.2) is 0 Å². The molecule has 0 N–H and O–H groups in total. The van der Waals surface area contributed by atoms with Crippen LogP contribution < -0.4 is 9.64 Å². The van der Waals surface area contributed by atoms with Crippen LogP contribution >= 0.6 is 0 Å². The van der Waals surface area contributed by atoms with Crippen LogP contribution in [0.25, 0.3) is 0 Å². The number of ether oxygens (including phenoxy) is 2. The molecular weight excluding hydrogens is 370 g/mol. The molecule has 3 aromatic carbocycles. The first-order chi connectivity index (χ1) is 14.1. The van der Waals surface area contributed by atoms with E-state index in [1.165, 1.54) is 25.3 Å². The maximum absolute atomic E-state index is 12.7. The van der Waals surface area contributed by atoms with Gasteiger partial charge in [0.25, 0.3) is 11.8 Å². The Labute approximate surface area is 167 Å². The van der Waals surface area contributed by atoms with Crippen LogP contribution in [0.15, 0.2) is 72.8 Å². The maximum Gasteiger partial charge on any atom is 0.341 e. The van der Waals surface area contributed by atoms with Crippen molar-refractivity contribution >= 4 is 23.5 Å². The molecule has 0 unspecified atom stereocenters. The van der Waals surface area contributed by atoms with Crippen molar-refractivity contribution in [3.05, 3.63) is 95.1 Å². The Morgan fingerprint density at radius 1 is 0.862 bits per heavy atom. The number of amides is 2. The maximum atomic E-state index is 12.7. The summed E-state index contributed by atoms with van der Waals surface area (Å²) >= 11 is 0. The van der Waals surface area contributed by atoms with Crippen molar-refractivity contribution in [1.82, 2.24) is 0 Å². The van der Waals surface area contributed by atoms with Gasteiger partial charge in [0.1, 0.15) is 17.9 Å². The molecule has 1 heterocycles. The molecule has 0 saturated heterocycles. The zero-order chi connectivity index (χ0) is 20.4. The molecule has 0 aliphatic carbocycles. The van der Waals surface area contributed by atoms with Gasteiger partial charge in [-0.3, -0.25) is 9.59 Å². The van der Waals surface area contributed by atoms with Gasteiger partial charge in [-0.25, -0.2) is 9.69 Å². The van der Waals surface area contributed by atoms with Gasteiger partial charge in [0.05, 0.1) is 23.9 Å². The van der Waals surface area contributed by atoms with Crippen molar-refractivity contribution < 1.29 is 23.9 Å². The fraction of sp³-hybridized carbons (Fsp3) is 0.0870. The minimum atomic E-state index is -0.568. The number of nitrogens with zero attached hydrogens (tertiary/aromatic N) is 1. The topological polar surface area (TPSA) is 72.9 Å². The lowest BCUT2D eigenvalue weighted by Crippen LogP contribution is -2.29. The summed E-state index contributed by atoms with van der Waals surface area (Å²) in [6.07, 6.45) is 0. The third kappa shape index (κ3) is 3.36.